The van der Waals surface area contributed by atoms with Crippen molar-refractivity contribution < 1.29 is 9.90 Å². The molecule has 0 aliphatic heterocycles. The van der Waals surface area contributed by atoms with E-state index >= 15 is 0 Å². The van der Waals surface area contributed by atoms with Crippen LogP contribution in [0.25, 0.3) is 22.3 Å². The van der Waals surface area contributed by atoms with E-state index in [1.807, 2.05) is 32.0 Å². The second-order valence-electron chi connectivity index (χ2n) is 5.41. The first kappa shape index (κ1) is 13.4. The number of phenolic OH excluding ortho intramolecular Hbond substituents is 1. The van der Waals surface area contributed by atoms with E-state index in [4.69, 9.17) is 0 Å². The highest BCUT2D eigenvalue weighted by molar-refractivity contribution is 5.97. The molecule has 0 bridgehead atoms. The van der Waals surface area contributed by atoms with Crippen molar-refractivity contribution in [2.45, 2.75) is 13.8 Å². The minimum absolute atomic E-state index is 0.0336. The summed E-state index contributed by atoms with van der Waals surface area (Å²) in [7, 11) is 0. The molecule has 4 nitrogen and oxygen atoms in total. The topological polar surface area (TPSA) is 66.0 Å². The molecule has 2 heterocycles. The maximum atomic E-state index is 11.9. The van der Waals surface area contributed by atoms with E-state index < -0.39 is 0 Å². The molecular weight excluding hydrogens is 264 g/mol. The zero-order valence-corrected chi connectivity index (χ0v) is 11.9. The lowest BCUT2D eigenvalue weighted by atomic mass is 10.0. The molecule has 0 spiro atoms. The SMILES string of the molecule is CC(C)C(=O)c1ccc(-c2cc3cc(O)ccc3[nH]2)nc1. The predicted octanol–water partition coefficient (Wildman–Crippen LogP) is 3.77. The first-order valence-corrected chi connectivity index (χ1v) is 6.87. The standard InChI is InChI=1S/C17H16N2O2/c1-10(2)17(21)11-3-5-15(18-9-11)16-8-12-7-13(20)4-6-14(12)19-16/h3-10,19-20H,1-2H3. The second kappa shape index (κ2) is 5.05. The van der Waals surface area contributed by atoms with Gasteiger partial charge in [-0.25, -0.2) is 0 Å². The van der Waals surface area contributed by atoms with Crippen LogP contribution in [-0.2, 0) is 0 Å². The van der Waals surface area contributed by atoms with Gasteiger partial charge in [-0.15, -0.1) is 0 Å². The fourth-order valence-electron chi connectivity index (χ4n) is 2.29. The zero-order valence-electron chi connectivity index (χ0n) is 11.9. The van der Waals surface area contributed by atoms with E-state index in [0.29, 0.717) is 5.56 Å². The van der Waals surface area contributed by atoms with E-state index in [0.717, 1.165) is 22.3 Å². The molecule has 0 unspecified atom stereocenters. The Morgan fingerprint density at radius 1 is 1.19 bits per heavy atom. The average Bonchev–Trinajstić information content (AvgIpc) is 2.89. The Labute approximate surface area is 122 Å². The molecule has 0 aliphatic rings. The summed E-state index contributed by atoms with van der Waals surface area (Å²) in [6.07, 6.45) is 1.61. The van der Waals surface area contributed by atoms with Gasteiger partial charge in [0, 0.05) is 28.6 Å². The Morgan fingerprint density at radius 3 is 2.67 bits per heavy atom. The summed E-state index contributed by atoms with van der Waals surface area (Å²) in [6.45, 7) is 3.75. The molecule has 21 heavy (non-hydrogen) atoms. The van der Waals surface area contributed by atoms with Gasteiger partial charge in [0.15, 0.2) is 5.78 Å². The third-order valence-corrected chi connectivity index (χ3v) is 3.45. The van der Waals surface area contributed by atoms with Crippen LogP contribution in [0.15, 0.2) is 42.6 Å². The highest BCUT2D eigenvalue weighted by Crippen LogP contribution is 2.25. The van der Waals surface area contributed by atoms with Crippen LogP contribution in [0.3, 0.4) is 0 Å². The second-order valence-corrected chi connectivity index (χ2v) is 5.41. The Morgan fingerprint density at radius 2 is 2.00 bits per heavy atom. The van der Waals surface area contributed by atoms with Gasteiger partial charge in [-0.1, -0.05) is 13.8 Å². The summed E-state index contributed by atoms with van der Waals surface area (Å²) < 4.78 is 0. The molecule has 3 rings (SSSR count). The smallest absolute Gasteiger partial charge is 0.166 e. The monoisotopic (exact) mass is 280 g/mol. The molecule has 2 aromatic heterocycles. The van der Waals surface area contributed by atoms with Crippen molar-refractivity contribution in [3.63, 3.8) is 0 Å². The van der Waals surface area contributed by atoms with Crippen molar-refractivity contribution in [1.29, 1.82) is 0 Å². The molecule has 3 aromatic rings. The number of aromatic amines is 1. The maximum absolute atomic E-state index is 11.9. The van der Waals surface area contributed by atoms with Gasteiger partial charge >= 0.3 is 0 Å². The van der Waals surface area contributed by atoms with Crippen molar-refractivity contribution in [1.82, 2.24) is 9.97 Å². The highest BCUT2D eigenvalue weighted by atomic mass is 16.3. The molecule has 2 N–H and O–H groups in total. The number of carbonyl (C=O) groups excluding carboxylic acids is 1. The molecule has 1 aromatic carbocycles. The summed E-state index contributed by atoms with van der Waals surface area (Å²) >= 11 is 0. The number of benzene rings is 1. The minimum Gasteiger partial charge on any atom is -0.508 e. The third kappa shape index (κ3) is 2.52. The molecule has 0 aliphatic carbocycles. The summed E-state index contributed by atoms with van der Waals surface area (Å²) in [5.74, 6) is 0.295. The Bertz CT molecular complexity index is 801. The van der Waals surface area contributed by atoms with Crippen LogP contribution >= 0.6 is 0 Å². The number of Topliss-reactive ketones (excluding diaryl/α,β-unsaturated/α-hetero) is 1. The van der Waals surface area contributed by atoms with Gasteiger partial charge in [0.1, 0.15) is 5.75 Å². The largest absolute Gasteiger partial charge is 0.508 e. The van der Waals surface area contributed by atoms with Crippen LogP contribution in [0.1, 0.15) is 24.2 Å². The lowest BCUT2D eigenvalue weighted by Crippen LogP contribution is -2.07. The molecule has 0 saturated carbocycles. The summed E-state index contributed by atoms with van der Waals surface area (Å²) in [4.78, 5) is 19.5. The molecule has 0 saturated heterocycles. The Kier molecular flexibility index (Phi) is 3.22. The number of hydrogen-bond acceptors (Lipinski definition) is 3. The van der Waals surface area contributed by atoms with E-state index in [9.17, 15) is 9.90 Å². The number of hydrogen-bond donors (Lipinski definition) is 2. The van der Waals surface area contributed by atoms with Crippen molar-refractivity contribution in [2.24, 2.45) is 5.92 Å². The van der Waals surface area contributed by atoms with Crippen LogP contribution < -0.4 is 0 Å². The van der Waals surface area contributed by atoms with Gasteiger partial charge in [0.05, 0.1) is 11.4 Å². The lowest BCUT2D eigenvalue weighted by Gasteiger charge is -2.04. The van der Waals surface area contributed by atoms with E-state index in [1.165, 1.54) is 0 Å². The number of fused-ring (bicyclic) bond motifs is 1. The number of nitrogens with one attached hydrogen (secondary N) is 1. The number of rotatable bonds is 3. The van der Waals surface area contributed by atoms with E-state index in [2.05, 4.69) is 9.97 Å². The number of aromatic hydroxyl groups is 1. The van der Waals surface area contributed by atoms with Gasteiger partial charge in [0.2, 0.25) is 0 Å². The van der Waals surface area contributed by atoms with Crippen LogP contribution in [-0.4, -0.2) is 20.9 Å². The number of carbonyl (C=O) groups is 1. The lowest BCUT2D eigenvalue weighted by molar-refractivity contribution is 0.0939. The average molecular weight is 280 g/mol. The molecule has 0 radical (unpaired) electrons. The first-order valence-electron chi connectivity index (χ1n) is 6.87. The fourth-order valence-corrected chi connectivity index (χ4v) is 2.29. The van der Waals surface area contributed by atoms with Gasteiger partial charge in [-0.3, -0.25) is 9.78 Å². The third-order valence-electron chi connectivity index (χ3n) is 3.45. The first-order chi connectivity index (χ1) is 10.0. The maximum Gasteiger partial charge on any atom is 0.166 e. The van der Waals surface area contributed by atoms with Crippen LogP contribution in [0, 0.1) is 5.92 Å². The van der Waals surface area contributed by atoms with E-state index in [1.54, 1.807) is 24.4 Å². The Balaban J connectivity index is 1.97. The number of pyridine rings is 1. The van der Waals surface area contributed by atoms with Crippen LogP contribution in [0.2, 0.25) is 0 Å². The highest BCUT2D eigenvalue weighted by Gasteiger charge is 2.11. The zero-order chi connectivity index (χ0) is 15.0. The fraction of sp³-hybridized carbons (Fsp3) is 0.176. The van der Waals surface area contributed by atoms with Gasteiger partial charge in [0.25, 0.3) is 0 Å². The van der Waals surface area contributed by atoms with Gasteiger partial charge < -0.3 is 10.1 Å². The van der Waals surface area contributed by atoms with Crippen molar-refractivity contribution in [3.05, 3.63) is 48.2 Å². The van der Waals surface area contributed by atoms with Crippen molar-refractivity contribution in [3.8, 4) is 17.1 Å². The normalized spacial score (nSPS) is 11.2. The van der Waals surface area contributed by atoms with Crippen molar-refractivity contribution >= 4 is 16.7 Å². The molecule has 106 valence electrons. The van der Waals surface area contributed by atoms with Gasteiger partial charge in [-0.05, 0) is 36.4 Å². The van der Waals surface area contributed by atoms with Crippen LogP contribution in [0.4, 0.5) is 0 Å². The van der Waals surface area contributed by atoms with Crippen molar-refractivity contribution in [2.75, 3.05) is 0 Å². The molecular formula is C17H16N2O2. The summed E-state index contributed by atoms with van der Waals surface area (Å²) in [5.41, 5.74) is 3.19. The Hall–Kier alpha value is -2.62. The number of aromatic nitrogens is 2. The number of nitrogens with zero attached hydrogens (tertiary/aromatic N) is 1. The predicted molar refractivity (Wildman–Crippen MR) is 82.4 cm³/mol. The molecule has 0 fully saturated rings. The minimum atomic E-state index is -0.0336. The molecule has 0 amide bonds. The molecule has 4 heteroatoms. The summed E-state index contributed by atoms with van der Waals surface area (Å²) in [6, 6.07) is 10.7. The van der Waals surface area contributed by atoms with Crippen LogP contribution in [0.5, 0.6) is 5.75 Å². The van der Waals surface area contributed by atoms with Gasteiger partial charge in [-0.2, -0.15) is 0 Å². The van der Waals surface area contributed by atoms with E-state index in [-0.39, 0.29) is 17.5 Å². The number of H-pyrrole nitrogens is 1. The number of ketones is 1. The summed E-state index contributed by atoms with van der Waals surface area (Å²) in [5, 5.41) is 10.4. The molecule has 0 atom stereocenters. The quantitative estimate of drug-likeness (QED) is 0.718. The number of phenols is 1.